The minimum Gasteiger partial charge on any atom is -0.278 e. The minimum absolute atomic E-state index is 0.0236. The highest BCUT2D eigenvalue weighted by Gasteiger charge is 2.46. The van der Waals surface area contributed by atoms with E-state index in [1.54, 1.807) is 12.1 Å². The molecule has 0 amide bonds. The average molecular weight is 407 g/mol. The maximum Gasteiger partial charge on any atom is 0.516 e. The molecule has 136 valence electrons. The van der Waals surface area contributed by atoms with Crippen molar-refractivity contribution >= 4 is 33.2 Å². The Morgan fingerprint density at radius 3 is 2.58 bits per heavy atom. The van der Waals surface area contributed by atoms with Crippen molar-refractivity contribution in [3.05, 3.63) is 46.2 Å². The van der Waals surface area contributed by atoms with Gasteiger partial charge in [-0.15, -0.1) is 11.6 Å². The van der Waals surface area contributed by atoms with Gasteiger partial charge in [-0.1, -0.05) is 23.7 Å². The summed E-state index contributed by atoms with van der Waals surface area (Å²) in [4.78, 5) is 5.05. The van der Waals surface area contributed by atoms with Crippen LogP contribution in [0.15, 0.2) is 30.1 Å². The van der Waals surface area contributed by atoms with Crippen molar-refractivity contribution in [3.63, 3.8) is 0 Å². The molecule has 0 saturated heterocycles. The average Bonchev–Trinajstić information content (AvgIpc) is 2.44. The first-order chi connectivity index (χ1) is 11.1. The Balaban J connectivity index is 2.67. The number of allylic oxidation sites excluding steroid dienone is 1. The van der Waals surface area contributed by atoms with E-state index in [1.165, 1.54) is 4.72 Å². The van der Waals surface area contributed by atoms with Crippen LogP contribution in [0.4, 0.5) is 13.2 Å². The normalized spacial score (nSPS) is 13.0. The van der Waals surface area contributed by atoms with Crippen LogP contribution in [0, 0.1) is 6.92 Å². The zero-order chi connectivity index (χ0) is 18.4. The van der Waals surface area contributed by atoms with E-state index < -0.39 is 15.5 Å². The highest BCUT2D eigenvalue weighted by Crippen LogP contribution is 2.23. The minimum atomic E-state index is -5.51. The van der Waals surface area contributed by atoms with E-state index >= 15 is 0 Å². The second kappa shape index (κ2) is 8.80. The van der Waals surface area contributed by atoms with Crippen molar-refractivity contribution in [1.82, 2.24) is 10.2 Å². The summed E-state index contributed by atoms with van der Waals surface area (Å²) in [5.41, 5.74) is -1.84. The standard InChI is InChI=1S/C13H15Cl2F3N2O3S/c1-9-2-3-10(12(15)6-9)8-23-19-7-11(4-5-14)20-24(21,22)13(16,17)18/h2-3,6-7,19-20H,4-5,8H2,1H3. The predicted molar refractivity (Wildman–Crippen MR) is 85.6 cm³/mol. The number of halogens is 5. The van der Waals surface area contributed by atoms with Crippen molar-refractivity contribution in [2.45, 2.75) is 25.5 Å². The summed E-state index contributed by atoms with van der Waals surface area (Å²) in [5, 5.41) is 0.472. The molecule has 5 nitrogen and oxygen atoms in total. The van der Waals surface area contributed by atoms with Crippen molar-refractivity contribution in [2.75, 3.05) is 5.88 Å². The number of hydrogen-bond acceptors (Lipinski definition) is 4. The molecule has 0 spiro atoms. The van der Waals surface area contributed by atoms with E-state index in [1.807, 2.05) is 13.0 Å². The summed E-state index contributed by atoms with van der Waals surface area (Å²) in [7, 11) is -5.51. The highest BCUT2D eigenvalue weighted by atomic mass is 35.5. The molecule has 0 heterocycles. The van der Waals surface area contributed by atoms with Gasteiger partial charge in [-0.2, -0.15) is 21.6 Å². The van der Waals surface area contributed by atoms with Crippen LogP contribution in [-0.4, -0.2) is 19.8 Å². The third-order valence-electron chi connectivity index (χ3n) is 2.69. The van der Waals surface area contributed by atoms with Gasteiger partial charge in [0, 0.05) is 29.2 Å². The quantitative estimate of drug-likeness (QED) is 0.393. The first kappa shape index (κ1) is 20.9. The molecule has 11 heteroatoms. The van der Waals surface area contributed by atoms with Crippen LogP contribution in [0.3, 0.4) is 0 Å². The van der Waals surface area contributed by atoms with Gasteiger partial charge in [0.2, 0.25) is 0 Å². The lowest BCUT2D eigenvalue weighted by Gasteiger charge is -2.13. The van der Waals surface area contributed by atoms with Crippen LogP contribution in [0.1, 0.15) is 17.5 Å². The lowest BCUT2D eigenvalue weighted by molar-refractivity contribution is -0.0445. The third kappa shape index (κ3) is 6.39. The third-order valence-corrected chi connectivity index (χ3v) is 4.37. The van der Waals surface area contributed by atoms with Gasteiger partial charge >= 0.3 is 15.5 Å². The SMILES string of the molecule is Cc1ccc(CONC=C(CCCl)NS(=O)(=O)C(F)(F)F)c(Cl)c1. The molecule has 24 heavy (non-hydrogen) atoms. The van der Waals surface area contributed by atoms with Gasteiger partial charge in [0.15, 0.2) is 0 Å². The van der Waals surface area contributed by atoms with Gasteiger partial charge in [0.05, 0.1) is 0 Å². The van der Waals surface area contributed by atoms with Crippen molar-refractivity contribution in [3.8, 4) is 0 Å². The summed E-state index contributed by atoms with van der Waals surface area (Å²) < 4.78 is 60.6. The molecular formula is C13H15Cl2F3N2O3S. The number of sulfonamides is 1. The second-order valence-corrected chi connectivity index (χ2v) is 7.12. The Labute approximate surface area is 147 Å². The zero-order valence-corrected chi connectivity index (χ0v) is 14.8. The molecule has 0 radical (unpaired) electrons. The maximum atomic E-state index is 12.3. The van der Waals surface area contributed by atoms with Gasteiger partial charge in [0.1, 0.15) is 6.61 Å². The zero-order valence-electron chi connectivity index (χ0n) is 12.5. The molecule has 0 aliphatic heterocycles. The summed E-state index contributed by atoms with van der Waals surface area (Å²) in [6.45, 7) is 1.89. The van der Waals surface area contributed by atoms with Crippen LogP contribution < -0.4 is 10.2 Å². The second-order valence-electron chi connectivity index (χ2n) is 4.66. The fraction of sp³-hybridized carbons (Fsp3) is 0.385. The summed E-state index contributed by atoms with van der Waals surface area (Å²) >= 11 is 11.4. The molecule has 1 aromatic carbocycles. The number of nitrogens with one attached hydrogen (secondary N) is 2. The summed E-state index contributed by atoms with van der Waals surface area (Å²) in [6.07, 6.45) is 0.812. The van der Waals surface area contributed by atoms with E-state index in [0.29, 0.717) is 10.6 Å². The van der Waals surface area contributed by atoms with E-state index in [4.69, 9.17) is 28.0 Å². The Morgan fingerprint density at radius 2 is 2.04 bits per heavy atom. The molecule has 0 aromatic heterocycles. The summed E-state index contributed by atoms with van der Waals surface area (Å²) in [6, 6.07) is 5.28. The molecule has 1 rings (SSSR count). The monoisotopic (exact) mass is 406 g/mol. The number of aryl methyl sites for hydroxylation is 1. The summed E-state index contributed by atoms with van der Waals surface area (Å²) in [5.74, 6) is -0.0856. The molecule has 0 aliphatic carbocycles. The van der Waals surface area contributed by atoms with Crippen LogP contribution in [-0.2, 0) is 21.5 Å². The molecular weight excluding hydrogens is 392 g/mol. The van der Waals surface area contributed by atoms with E-state index in [2.05, 4.69) is 5.48 Å². The Hall–Kier alpha value is -1.16. The van der Waals surface area contributed by atoms with Crippen LogP contribution in [0.2, 0.25) is 5.02 Å². The van der Waals surface area contributed by atoms with Crippen molar-refractivity contribution in [2.24, 2.45) is 0 Å². The molecule has 0 saturated carbocycles. The van der Waals surface area contributed by atoms with Crippen molar-refractivity contribution in [1.29, 1.82) is 0 Å². The number of rotatable bonds is 8. The molecule has 0 atom stereocenters. The maximum absolute atomic E-state index is 12.3. The number of benzene rings is 1. The topological polar surface area (TPSA) is 67.4 Å². The molecule has 1 aromatic rings. The predicted octanol–water partition coefficient (Wildman–Crippen LogP) is 3.58. The van der Waals surface area contributed by atoms with Crippen LogP contribution in [0.5, 0.6) is 0 Å². The lowest BCUT2D eigenvalue weighted by Crippen LogP contribution is -2.36. The van der Waals surface area contributed by atoms with Gasteiger partial charge in [-0.05, 0) is 24.1 Å². The fourth-order valence-corrected chi connectivity index (χ4v) is 2.60. The van der Waals surface area contributed by atoms with Gasteiger partial charge in [-0.3, -0.25) is 15.0 Å². The largest absolute Gasteiger partial charge is 0.516 e. The van der Waals surface area contributed by atoms with E-state index in [-0.39, 0.29) is 24.6 Å². The Morgan fingerprint density at radius 1 is 1.38 bits per heavy atom. The van der Waals surface area contributed by atoms with E-state index in [9.17, 15) is 21.6 Å². The lowest BCUT2D eigenvalue weighted by atomic mass is 10.2. The first-order valence-electron chi connectivity index (χ1n) is 6.53. The van der Waals surface area contributed by atoms with Crippen molar-refractivity contribution < 1.29 is 26.4 Å². The molecule has 0 aliphatic rings. The highest BCUT2D eigenvalue weighted by molar-refractivity contribution is 7.90. The van der Waals surface area contributed by atoms with Gasteiger partial charge < -0.3 is 0 Å². The smallest absolute Gasteiger partial charge is 0.278 e. The van der Waals surface area contributed by atoms with E-state index in [0.717, 1.165) is 11.8 Å². The van der Waals surface area contributed by atoms with Crippen LogP contribution in [0.25, 0.3) is 0 Å². The molecule has 0 fully saturated rings. The molecule has 0 bridgehead atoms. The fourth-order valence-electron chi connectivity index (χ4n) is 1.49. The first-order valence-corrected chi connectivity index (χ1v) is 8.93. The number of hydroxylamine groups is 1. The number of hydrogen-bond donors (Lipinski definition) is 2. The molecule has 0 unspecified atom stereocenters. The number of alkyl halides is 4. The Bertz CT molecular complexity index is 694. The van der Waals surface area contributed by atoms with Gasteiger partial charge in [-0.25, -0.2) is 0 Å². The Kier molecular flexibility index (Phi) is 7.65. The van der Waals surface area contributed by atoms with Crippen LogP contribution >= 0.6 is 23.2 Å². The molecule has 2 N–H and O–H groups in total. The van der Waals surface area contributed by atoms with Gasteiger partial charge in [0.25, 0.3) is 0 Å².